The molecular weight excluding hydrogens is 268 g/mol. The minimum absolute atomic E-state index is 0.356. The number of nitriles is 1. The molecule has 6 nitrogen and oxygen atoms in total. The van der Waals surface area contributed by atoms with Crippen molar-refractivity contribution in [3.05, 3.63) is 16.8 Å². The van der Waals surface area contributed by atoms with Crippen LogP contribution in [0, 0.1) is 11.3 Å². The average Bonchev–Trinajstić information content (AvgIpc) is 2.52. The van der Waals surface area contributed by atoms with Gasteiger partial charge in [0.15, 0.2) is 5.82 Å². The Hall–Kier alpha value is -1.71. The Labute approximate surface area is 125 Å². The van der Waals surface area contributed by atoms with E-state index in [9.17, 15) is 10.4 Å². The third-order valence-corrected chi connectivity index (χ3v) is 3.97. The molecule has 21 heavy (non-hydrogen) atoms. The van der Waals surface area contributed by atoms with Crippen molar-refractivity contribution < 1.29 is 9.84 Å². The molecule has 0 aliphatic carbocycles. The van der Waals surface area contributed by atoms with Crippen LogP contribution in [0.25, 0.3) is 0 Å². The number of aliphatic hydroxyl groups is 1. The summed E-state index contributed by atoms with van der Waals surface area (Å²) < 4.78 is 5.26. The average molecular weight is 290 g/mol. The SMILES string of the molecule is CCc1nnc(NCC2(O)CCOCC2)c(C#N)c1CC. The Kier molecular flexibility index (Phi) is 5.10. The molecule has 114 valence electrons. The molecule has 0 bridgehead atoms. The van der Waals surface area contributed by atoms with Gasteiger partial charge in [-0.1, -0.05) is 13.8 Å². The number of aromatic nitrogens is 2. The molecule has 0 atom stereocenters. The second-order valence-corrected chi connectivity index (χ2v) is 5.36. The summed E-state index contributed by atoms with van der Waals surface area (Å²) in [5.74, 6) is 0.464. The summed E-state index contributed by atoms with van der Waals surface area (Å²) >= 11 is 0. The minimum Gasteiger partial charge on any atom is -0.388 e. The van der Waals surface area contributed by atoms with Crippen LogP contribution in [0.1, 0.15) is 43.5 Å². The predicted molar refractivity (Wildman–Crippen MR) is 79.0 cm³/mol. The number of nitrogens with zero attached hydrogens (tertiary/aromatic N) is 3. The summed E-state index contributed by atoms with van der Waals surface area (Å²) in [6.45, 7) is 5.48. The first-order valence-electron chi connectivity index (χ1n) is 7.46. The van der Waals surface area contributed by atoms with Gasteiger partial charge in [0.1, 0.15) is 11.6 Å². The second-order valence-electron chi connectivity index (χ2n) is 5.36. The van der Waals surface area contributed by atoms with E-state index in [0.717, 1.165) is 24.1 Å². The summed E-state index contributed by atoms with van der Waals surface area (Å²) in [5, 5.41) is 31.3. The third kappa shape index (κ3) is 3.49. The van der Waals surface area contributed by atoms with E-state index in [-0.39, 0.29) is 0 Å². The van der Waals surface area contributed by atoms with Crippen molar-refractivity contribution in [2.45, 2.75) is 45.1 Å². The normalized spacial score (nSPS) is 17.2. The van der Waals surface area contributed by atoms with Crippen LogP contribution in [-0.4, -0.2) is 40.7 Å². The Morgan fingerprint density at radius 2 is 2.00 bits per heavy atom. The van der Waals surface area contributed by atoms with Gasteiger partial charge in [-0.2, -0.15) is 10.4 Å². The van der Waals surface area contributed by atoms with Gasteiger partial charge in [0.25, 0.3) is 0 Å². The Balaban J connectivity index is 2.18. The molecule has 0 unspecified atom stereocenters. The van der Waals surface area contributed by atoms with Crippen molar-refractivity contribution in [1.29, 1.82) is 5.26 Å². The molecule has 0 spiro atoms. The highest BCUT2D eigenvalue weighted by molar-refractivity contribution is 5.56. The van der Waals surface area contributed by atoms with E-state index in [2.05, 4.69) is 21.6 Å². The lowest BCUT2D eigenvalue weighted by Gasteiger charge is -2.32. The van der Waals surface area contributed by atoms with E-state index in [1.165, 1.54) is 0 Å². The standard InChI is InChI=1S/C15H22N4O2/c1-3-11-12(9-16)14(19-18-13(11)4-2)17-10-15(20)5-7-21-8-6-15/h20H,3-8,10H2,1-2H3,(H,17,19). The smallest absolute Gasteiger partial charge is 0.167 e. The number of aryl methyl sites for hydroxylation is 1. The maximum atomic E-state index is 10.4. The molecule has 1 aliphatic rings. The Morgan fingerprint density at radius 3 is 2.57 bits per heavy atom. The van der Waals surface area contributed by atoms with Crippen molar-refractivity contribution in [2.24, 2.45) is 0 Å². The number of hydrogen-bond donors (Lipinski definition) is 2. The Bertz CT molecular complexity index is 533. The highest BCUT2D eigenvalue weighted by Crippen LogP contribution is 2.24. The summed E-state index contributed by atoms with van der Waals surface area (Å²) in [6, 6.07) is 2.22. The predicted octanol–water partition coefficient (Wildman–Crippen LogP) is 1.43. The zero-order valence-electron chi connectivity index (χ0n) is 12.6. The molecule has 2 heterocycles. The number of hydrogen-bond acceptors (Lipinski definition) is 6. The summed E-state index contributed by atoms with van der Waals surface area (Å²) in [5.41, 5.74) is 1.54. The van der Waals surface area contributed by atoms with Gasteiger partial charge in [-0.15, -0.1) is 5.10 Å². The van der Waals surface area contributed by atoms with Crippen LogP contribution < -0.4 is 5.32 Å². The maximum Gasteiger partial charge on any atom is 0.167 e. The van der Waals surface area contributed by atoms with Crippen molar-refractivity contribution in [1.82, 2.24) is 10.2 Å². The molecule has 0 aromatic carbocycles. The van der Waals surface area contributed by atoms with Crippen LogP contribution in [0.3, 0.4) is 0 Å². The molecule has 1 fully saturated rings. The second kappa shape index (κ2) is 6.83. The van der Waals surface area contributed by atoms with Crippen LogP contribution in [0.5, 0.6) is 0 Å². The highest BCUT2D eigenvalue weighted by Gasteiger charge is 2.30. The lowest BCUT2D eigenvalue weighted by Crippen LogP contribution is -2.42. The molecule has 0 amide bonds. The minimum atomic E-state index is -0.803. The highest BCUT2D eigenvalue weighted by atomic mass is 16.5. The van der Waals surface area contributed by atoms with Gasteiger partial charge in [0.05, 0.1) is 11.3 Å². The number of rotatable bonds is 5. The number of nitrogens with one attached hydrogen (secondary N) is 1. The largest absolute Gasteiger partial charge is 0.388 e. The molecule has 0 radical (unpaired) electrons. The quantitative estimate of drug-likeness (QED) is 0.852. The van der Waals surface area contributed by atoms with E-state index in [4.69, 9.17) is 4.74 Å². The lowest BCUT2D eigenvalue weighted by molar-refractivity contribution is -0.0543. The fourth-order valence-corrected chi connectivity index (χ4v) is 2.59. The van der Waals surface area contributed by atoms with Gasteiger partial charge in [-0.25, -0.2) is 0 Å². The molecule has 0 saturated carbocycles. The molecule has 1 aliphatic heterocycles. The van der Waals surface area contributed by atoms with Crippen molar-refractivity contribution >= 4 is 5.82 Å². The lowest BCUT2D eigenvalue weighted by atomic mass is 9.94. The van der Waals surface area contributed by atoms with E-state index in [1.807, 2.05) is 13.8 Å². The van der Waals surface area contributed by atoms with Crippen molar-refractivity contribution in [2.75, 3.05) is 25.1 Å². The van der Waals surface area contributed by atoms with Gasteiger partial charge in [-0.3, -0.25) is 0 Å². The summed E-state index contributed by atoms with van der Waals surface area (Å²) in [4.78, 5) is 0. The molecule has 1 aromatic heterocycles. The van der Waals surface area contributed by atoms with E-state index in [1.54, 1.807) is 0 Å². The summed E-state index contributed by atoms with van der Waals surface area (Å²) in [7, 11) is 0. The van der Waals surface area contributed by atoms with E-state index in [0.29, 0.717) is 44.0 Å². The van der Waals surface area contributed by atoms with Crippen LogP contribution in [0.15, 0.2) is 0 Å². The van der Waals surface area contributed by atoms with Crippen LogP contribution in [0.4, 0.5) is 5.82 Å². The first-order chi connectivity index (χ1) is 10.1. The van der Waals surface area contributed by atoms with Crippen LogP contribution in [-0.2, 0) is 17.6 Å². The zero-order chi connectivity index (χ0) is 15.3. The van der Waals surface area contributed by atoms with Crippen molar-refractivity contribution in [3.63, 3.8) is 0 Å². The fraction of sp³-hybridized carbons (Fsp3) is 0.667. The van der Waals surface area contributed by atoms with E-state index >= 15 is 0 Å². The molecule has 6 heteroatoms. The third-order valence-electron chi connectivity index (χ3n) is 3.97. The monoisotopic (exact) mass is 290 g/mol. The summed E-state index contributed by atoms with van der Waals surface area (Å²) in [6.07, 6.45) is 2.67. The van der Waals surface area contributed by atoms with Gasteiger partial charge in [-0.05, 0) is 18.4 Å². The topological polar surface area (TPSA) is 91.1 Å². The number of ether oxygens (including phenoxy) is 1. The van der Waals surface area contributed by atoms with Gasteiger partial charge in [0.2, 0.25) is 0 Å². The molecule has 2 N–H and O–H groups in total. The molecule has 1 aromatic rings. The molecular formula is C15H22N4O2. The molecule has 2 rings (SSSR count). The zero-order valence-corrected chi connectivity index (χ0v) is 12.6. The van der Waals surface area contributed by atoms with Gasteiger partial charge >= 0.3 is 0 Å². The van der Waals surface area contributed by atoms with Gasteiger partial charge in [0, 0.05) is 32.6 Å². The number of anilines is 1. The molecule has 1 saturated heterocycles. The van der Waals surface area contributed by atoms with Crippen LogP contribution in [0.2, 0.25) is 0 Å². The maximum absolute atomic E-state index is 10.4. The fourth-order valence-electron chi connectivity index (χ4n) is 2.59. The first kappa shape index (κ1) is 15.7. The van der Waals surface area contributed by atoms with Crippen LogP contribution >= 0.6 is 0 Å². The Morgan fingerprint density at radius 1 is 1.29 bits per heavy atom. The first-order valence-corrected chi connectivity index (χ1v) is 7.46. The van der Waals surface area contributed by atoms with Crippen molar-refractivity contribution in [3.8, 4) is 6.07 Å². The van der Waals surface area contributed by atoms with Gasteiger partial charge < -0.3 is 15.2 Å². The van der Waals surface area contributed by atoms with E-state index < -0.39 is 5.60 Å².